The number of nitrogens with two attached hydrogens (primary N) is 1. The van der Waals surface area contributed by atoms with Gasteiger partial charge in [0.25, 0.3) is 0 Å². The van der Waals surface area contributed by atoms with Crippen molar-refractivity contribution in [2.75, 3.05) is 32.1 Å². The molecule has 84 valence electrons. The van der Waals surface area contributed by atoms with E-state index in [-0.39, 0.29) is 0 Å². The lowest BCUT2D eigenvalue weighted by Crippen LogP contribution is -2.39. The smallest absolute Gasteiger partial charge is 0.0223 e. The van der Waals surface area contributed by atoms with Crippen molar-refractivity contribution < 1.29 is 0 Å². The first-order valence-corrected chi connectivity index (χ1v) is 6.97. The topological polar surface area (TPSA) is 29.3 Å². The van der Waals surface area contributed by atoms with E-state index in [0.717, 1.165) is 18.4 Å². The van der Waals surface area contributed by atoms with Gasteiger partial charge in [-0.25, -0.2) is 0 Å². The summed E-state index contributed by atoms with van der Waals surface area (Å²) in [5.74, 6) is 3.13. The lowest BCUT2D eigenvalue weighted by atomic mass is 10.2. The minimum Gasteiger partial charge on any atom is -0.329 e. The van der Waals surface area contributed by atoms with Crippen LogP contribution in [-0.4, -0.2) is 43.1 Å². The second-order valence-corrected chi connectivity index (χ2v) is 5.57. The van der Waals surface area contributed by atoms with Gasteiger partial charge >= 0.3 is 0 Å². The molecule has 1 aliphatic rings. The fraction of sp³-hybridized carbons (Fsp3) is 1.00. The van der Waals surface area contributed by atoms with Gasteiger partial charge in [-0.3, -0.25) is 0 Å². The van der Waals surface area contributed by atoms with E-state index in [1.807, 2.05) is 11.8 Å². The summed E-state index contributed by atoms with van der Waals surface area (Å²) < 4.78 is 0. The largest absolute Gasteiger partial charge is 0.329 e. The number of hydrogen-bond acceptors (Lipinski definition) is 3. The molecule has 0 aromatic heterocycles. The maximum atomic E-state index is 5.79. The van der Waals surface area contributed by atoms with Crippen molar-refractivity contribution in [3.8, 4) is 0 Å². The molecule has 1 aliphatic carbocycles. The summed E-state index contributed by atoms with van der Waals surface area (Å²) in [7, 11) is 2.23. The Bertz CT molecular complexity index is 163. The van der Waals surface area contributed by atoms with E-state index < -0.39 is 0 Å². The molecule has 0 aromatic rings. The molecule has 3 heteroatoms. The van der Waals surface area contributed by atoms with Gasteiger partial charge in [-0.1, -0.05) is 6.92 Å². The van der Waals surface area contributed by atoms with Crippen molar-refractivity contribution in [3.05, 3.63) is 0 Å². The third kappa shape index (κ3) is 3.79. The maximum absolute atomic E-state index is 5.79. The number of likely N-dealkylation sites (N-methyl/N-ethyl adjacent to an activating group) is 1. The van der Waals surface area contributed by atoms with Gasteiger partial charge in [-0.05, 0) is 43.7 Å². The third-order valence-corrected chi connectivity index (χ3v) is 3.99. The fourth-order valence-corrected chi connectivity index (χ4v) is 2.45. The Kier molecular flexibility index (Phi) is 5.28. The lowest BCUT2D eigenvalue weighted by molar-refractivity contribution is 0.230. The van der Waals surface area contributed by atoms with Gasteiger partial charge in [0, 0.05) is 19.1 Å². The van der Waals surface area contributed by atoms with Gasteiger partial charge in [0.1, 0.15) is 0 Å². The van der Waals surface area contributed by atoms with Crippen LogP contribution in [0.25, 0.3) is 0 Å². The SMILES string of the molecule is CSCCC(CN)N(C)CC1CC1C. The minimum absolute atomic E-state index is 0.593. The van der Waals surface area contributed by atoms with Gasteiger partial charge < -0.3 is 10.6 Å². The molecule has 0 aliphatic heterocycles. The van der Waals surface area contributed by atoms with Crippen LogP contribution in [0.4, 0.5) is 0 Å². The predicted molar refractivity (Wildman–Crippen MR) is 65.7 cm³/mol. The monoisotopic (exact) mass is 216 g/mol. The van der Waals surface area contributed by atoms with Crippen LogP contribution in [0.2, 0.25) is 0 Å². The average molecular weight is 216 g/mol. The zero-order valence-corrected chi connectivity index (χ0v) is 10.5. The standard InChI is InChI=1S/C11H24N2S/c1-9-6-10(9)8-13(2)11(7-12)4-5-14-3/h9-11H,4-8,12H2,1-3H3. The molecule has 3 atom stereocenters. The molecule has 0 saturated heterocycles. The molecule has 0 bridgehead atoms. The average Bonchev–Trinajstić information content (AvgIpc) is 2.83. The molecule has 1 fully saturated rings. The molecule has 1 rings (SSSR count). The van der Waals surface area contributed by atoms with Crippen LogP contribution in [0, 0.1) is 11.8 Å². The number of nitrogens with zero attached hydrogens (tertiary/aromatic N) is 1. The van der Waals surface area contributed by atoms with Gasteiger partial charge in [-0.2, -0.15) is 11.8 Å². The van der Waals surface area contributed by atoms with E-state index in [0.29, 0.717) is 6.04 Å². The summed E-state index contributed by atoms with van der Waals surface area (Å²) in [6.07, 6.45) is 4.82. The van der Waals surface area contributed by atoms with Crippen LogP contribution in [0.5, 0.6) is 0 Å². The molecule has 0 spiro atoms. The van der Waals surface area contributed by atoms with Crippen LogP contribution in [0.3, 0.4) is 0 Å². The molecule has 1 saturated carbocycles. The van der Waals surface area contributed by atoms with E-state index in [1.54, 1.807) is 0 Å². The first-order valence-electron chi connectivity index (χ1n) is 5.58. The van der Waals surface area contributed by atoms with Crippen LogP contribution in [0.1, 0.15) is 19.8 Å². The van der Waals surface area contributed by atoms with Crippen LogP contribution in [-0.2, 0) is 0 Å². The summed E-state index contributed by atoms with van der Waals surface area (Å²) in [5, 5.41) is 0. The Morgan fingerprint density at radius 2 is 2.21 bits per heavy atom. The Morgan fingerprint density at radius 3 is 2.64 bits per heavy atom. The number of hydrogen-bond donors (Lipinski definition) is 1. The quantitative estimate of drug-likeness (QED) is 0.702. The molecule has 2 nitrogen and oxygen atoms in total. The van der Waals surface area contributed by atoms with Crippen molar-refractivity contribution in [1.29, 1.82) is 0 Å². The Morgan fingerprint density at radius 1 is 1.57 bits per heavy atom. The Balaban J connectivity index is 2.20. The van der Waals surface area contributed by atoms with Gasteiger partial charge in [-0.15, -0.1) is 0 Å². The zero-order chi connectivity index (χ0) is 10.6. The van der Waals surface area contributed by atoms with Gasteiger partial charge in [0.05, 0.1) is 0 Å². The number of rotatable bonds is 7. The highest BCUT2D eigenvalue weighted by atomic mass is 32.2. The maximum Gasteiger partial charge on any atom is 0.0223 e. The van der Waals surface area contributed by atoms with E-state index in [9.17, 15) is 0 Å². The normalized spacial score (nSPS) is 28.1. The van der Waals surface area contributed by atoms with Crippen LogP contribution >= 0.6 is 11.8 Å². The molecule has 0 amide bonds. The highest BCUT2D eigenvalue weighted by Gasteiger charge is 2.34. The van der Waals surface area contributed by atoms with Crippen molar-refractivity contribution in [1.82, 2.24) is 4.90 Å². The molecular formula is C11H24N2S. The molecule has 0 aromatic carbocycles. The van der Waals surface area contributed by atoms with E-state index in [4.69, 9.17) is 5.73 Å². The van der Waals surface area contributed by atoms with Gasteiger partial charge in [0.2, 0.25) is 0 Å². The molecule has 0 heterocycles. The Labute approximate surface area is 92.6 Å². The van der Waals surface area contributed by atoms with Crippen molar-refractivity contribution in [2.45, 2.75) is 25.8 Å². The summed E-state index contributed by atoms with van der Waals surface area (Å²) in [6.45, 7) is 4.40. The second-order valence-electron chi connectivity index (χ2n) is 4.58. The van der Waals surface area contributed by atoms with Gasteiger partial charge in [0.15, 0.2) is 0 Å². The number of thioether (sulfide) groups is 1. The summed E-state index contributed by atoms with van der Waals surface area (Å²) in [6, 6.07) is 0.593. The molecule has 2 N–H and O–H groups in total. The van der Waals surface area contributed by atoms with E-state index in [1.165, 1.54) is 25.1 Å². The summed E-state index contributed by atoms with van der Waals surface area (Å²) in [5.41, 5.74) is 5.79. The fourth-order valence-electron chi connectivity index (χ4n) is 1.94. The van der Waals surface area contributed by atoms with Crippen molar-refractivity contribution in [2.24, 2.45) is 17.6 Å². The highest BCUT2D eigenvalue weighted by Crippen LogP contribution is 2.38. The molecule has 0 radical (unpaired) electrons. The Hall–Kier alpha value is 0.270. The minimum atomic E-state index is 0.593. The summed E-state index contributed by atoms with van der Waals surface area (Å²) in [4.78, 5) is 2.46. The second kappa shape index (κ2) is 5.99. The summed E-state index contributed by atoms with van der Waals surface area (Å²) >= 11 is 1.92. The van der Waals surface area contributed by atoms with E-state index >= 15 is 0 Å². The zero-order valence-electron chi connectivity index (χ0n) is 9.70. The third-order valence-electron chi connectivity index (χ3n) is 3.35. The first kappa shape index (κ1) is 12.3. The van der Waals surface area contributed by atoms with Crippen molar-refractivity contribution >= 4 is 11.8 Å². The van der Waals surface area contributed by atoms with Crippen molar-refractivity contribution in [3.63, 3.8) is 0 Å². The molecule has 3 unspecified atom stereocenters. The van der Waals surface area contributed by atoms with E-state index in [2.05, 4.69) is 25.1 Å². The molecular weight excluding hydrogens is 192 g/mol. The highest BCUT2D eigenvalue weighted by molar-refractivity contribution is 7.98. The predicted octanol–water partition coefficient (Wildman–Crippen LogP) is 1.65. The molecule has 14 heavy (non-hydrogen) atoms. The lowest BCUT2D eigenvalue weighted by Gasteiger charge is -2.26. The van der Waals surface area contributed by atoms with Crippen LogP contribution in [0.15, 0.2) is 0 Å². The van der Waals surface area contributed by atoms with Crippen LogP contribution < -0.4 is 5.73 Å². The first-order chi connectivity index (χ1) is 6.69.